The van der Waals surface area contributed by atoms with Gasteiger partial charge in [0.2, 0.25) is 11.8 Å². The number of benzene rings is 1. The number of carbonyl (C=O) groups excluding carboxylic acids is 1. The normalized spacial score (nSPS) is 19.1. The van der Waals surface area contributed by atoms with E-state index in [-0.39, 0.29) is 49.8 Å². The molecule has 1 aromatic carbocycles. The van der Waals surface area contributed by atoms with Crippen LogP contribution in [0, 0.1) is 5.92 Å². The Kier molecular flexibility index (Phi) is 4.02. The number of para-hydroxylation sites is 1. The molecule has 1 aliphatic rings. The fraction of sp³-hybridized carbons (Fsp3) is 0.500. The summed E-state index contributed by atoms with van der Waals surface area (Å²) in [5.41, 5.74) is 0.622. The third kappa shape index (κ3) is 3.66. The lowest BCUT2D eigenvalue weighted by atomic mass is 9.86. The molecular formula is C14H17F2NO2. The van der Waals surface area contributed by atoms with Crippen LogP contribution in [0.15, 0.2) is 24.3 Å². The number of alkyl halides is 2. The van der Waals surface area contributed by atoms with Crippen LogP contribution in [-0.2, 0) is 11.3 Å². The molecule has 1 aromatic rings. The standard InChI is InChI=1S/C14H17F2NO2/c15-14(16)7-5-10(6-8-14)13(19)17-9-11-3-1-2-4-12(11)18/h1-4,10,18H,5-9H2,(H,17,19). The summed E-state index contributed by atoms with van der Waals surface area (Å²) in [6.07, 6.45) is 0.00254. The van der Waals surface area contributed by atoms with Crippen molar-refractivity contribution < 1.29 is 18.7 Å². The molecule has 3 nitrogen and oxygen atoms in total. The zero-order valence-corrected chi connectivity index (χ0v) is 10.5. The molecule has 104 valence electrons. The highest BCUT2D eigenvalue weighted by atomic mass is 19.3. The molecule has 19 heavy (non-hydrogen) atoms. The first-order valence-corrected chi connectivity index (χ1v) is 6.40. The predicted molar refractivity (Wildman–Crippen MR) is 66.9 cm³/mol. The molecule has 0 aromatic heterocycles. The maximum atomic E-state index is 13.0. The van der Waals surface area contributed by atoms with E-state index < -0.39 is 5.92 Å². The number of hydrogen-bond donors (Lipinski definition) is 2. The van der Waals surface area contributed by atoms with Crippen molar-refractivity contribution in [3.63, 3.8) is 0 Å². The van der Waals surface area contributed by atoms with Gasteiger partial charge in [-0.3, -0.25) is 4.79 Å². The zero-order chi connectivity index (χ0) is 13.9. The first-order chi connectivity index (χ1) is 8.98. The van der Waals surface area contributed by atoms with Crippen LogP contribution >= 0.6 is 0 Å². The van der Waals surface area contributed by atoms with Crippen molar-refractivity contribution in [1.82, 2.24) is 5.32 Å². The van der Waals surface area contributed by atoms with Crippen LogP contribution in [0.3, 0.4) is 0 Å². The van der Waals surface area contributed by atoms with Gasteiger partial charge < -0.3 is 10.4 Å². The van der Waals surface area contributed by atoms with Gasteiger partial charge in [0.25, 0.3) is 0 Å². The molecule has 0 saturated heterocycles. The van der Waals surface area contributed by atoms with Crippen molar-refractivity contribution in [2.75, 3.05) is 0 Å². The number of amides is 1. The molecule has 1 amide bonds. The summed E-state index contributed by atoms with van der Waals surface area (Å²) in [4.78, 5) is 11.9. The zero-order valence-electron chi connectivity index (χ0n) is 10.5. The van der Waals surface area contributed by atoms with Gasteiger partial charge in [-0.2, -0.15) is 0 Å². The van der Waals surface area contributed by atoms with Crippen LogP contribution in [0.1, 0.15) is 31.2 Å². The first kappa shape index (κ1) is 13.8. The van der Waals surface area contributed by atoms with Gasteiger partial charge in [0.05, 0.1) is 0 Å². The number of hydrogen-bond acceptors (Lipinski definition) is 2. The monoisotopic (exact) mass is 269 g/mol. The Morgan fingerprint density at radius 3 is 2.58 bits per heavy atom. The van der Waals surface area contributed by atoms with Crippen LogP contribution in [-0.4, -0.2) is 16.9 Å². The SMILES string of the molecule is O=C(NCc1ccccc1O)C1CCC(F)(F)CC1. The minimum Gasteiger partial charge on any atom is -0.508 e. The third-order valence-electron chi connectivity index (χ3n) is 3.53. The molecule has 0 radical (unpaired) electrons. The molecule has 1 aliphatic carbocycles. The molecule has 0 unspecified atom stereocenters. The summed E-state index contributed by atoms with van der Waals surface area (Å²) >= 11 is 0. The summed E-state index contributed by atoms with van der Waals surface area (Å²) in [5.74, 6) is -3.05. The van der Waals surface area contributed by atoms with Gasteiger partial charge in [-0.1, -0.05) is 18.2 Å². The molecule has 1 fully saturated rings. The Morgan fingerprint density at radius 1 is 1.32 bits per heavy atom. The maximum absolute atomic E-state index is 13.0. The molecule has 5 heteroatoms. The third-order valence-corrected chi connectivity index (χ3v) is 3.53. The fourth-order valence-corrected chi connectivity index (χ4v) is 2.29. The molecule has 1 saturated carbocycles. The molecule has 0 spiro atoms. The largest absolute Gasteiger partial charge is 0.508 e. The second-order valence-corrected chi connectivity index (χ2v) is 4.98. The summed E-state index contributed by atoms with van der Waals surface area (Å²) in [6.45, 7) is 0.221. The minimum absolute atomic E-state index is 0.123. The van der Waals surface area contributed by atoms with Crippen molar-refractivity contribution in [2.24, 2.45) is 5.92 Å². The topological polar surface area (TPSA) is 49.3 Å². The average Bonchev–Trinajstić information content (AvgIpc) is 2.37. The van der Waals surface area contributed by atoms with Crippen molar-refractivity contribution in [3.8, 4) is 5.75 Å². The fourth-order valence-electron chi connectivity index (χ4n) is 2.29. The smallest absolute Gasteiger partial charge is 0.248 e. The number of carbonyl (C=O) groups is 1. The van der Waals surface area contributed by atoms with Crippen molar-refractivity contribution >= 4 is 5.91 Å². The van der Waals surface area contributed by atoms with Crippen LogP contribution < -0.4 is 5.32 Å². The Balaban J connectivity index is 1.84. The van der Waals surface area contributed by atoms with E-state index in [4.69, 9.17) is 0 Å². The van der Waals surface area contributed by atoms with Crippen LogP contribution in [0.2, 0.25) is 0 Å². The van der Waals surface area contributed by atoms with Gasteiger partial charge in [0.1, 0.15) is 5.75 Å². The van der Waals surface area contributed by atoms with Gasteiger partial charge in [-0.05, 0) is 18.9 Å². The highest BCUT2D eigenvalue weighted by molar-refractivity contribution is 5.78. The molecule has 0 aliphatic heterocycles. The van der Waals surface area contributed by atoms with E-state index in [1.54, 1.807) is 24.3 Å². The second-order valence-electron chi connectivity index (χ2n) is 4.98. The Hall–Kier alpha value is -1.65. The lowest BCUT2D eigenvalue weighted by molar-refractivity contribution is -0.129. The molecular weight excluding hydrogens is 252 g/mol. The predicted octanol–water partition coefficient (Wildman–Crippen LogP) is 2.83. The molecule has 0 heterocycles. The summed E-state index contributed by atoms with van der Waals surface area (Å²) in [5, 5.41) is 12.2. The quantitative estimate of drug-likeness (QED) is 0.886. The van der Waals surface area contributed by atoms with Crippen LogP contribution in [0.25, 0.3) is 0 Å². The molecule has 0 atom stereocenters. The summed E-state index contributed by atoms with van der Waals surface area (Å²) in [7, 11) is 0. The maximum Gasteiger partial charge on any atom is 0.248 e. The van der Waals surface area contributed by atoms with E-state index in [9.17, 15) is 18.7 Å². The lowest BCUT2D eigenvalue weighted by Gasteiger charge is -2.27. The number of aromatic hydroxyl groups is 1. The van der Waals surface area contributed by atoms with Crippen molar-refractivity contribution in [3.05, 3.63) is 29.8 Å². The van der Waals surface area contributed by atoms with E-state index in [2.05, 4.69) is 5.32 Å². The number of halogens is 2. The van der Waals surface area contributed by atoms with Gasteiger partial charge in [-0.25, -0.2) is 8.78 Å². The molecule has 2 rings (SSSR count). The Morgan fingerprint density at radius 2 is 1.95 bits per heavy atom. The Labute approximate surface area is 110 Å². The van der Waals surface area contributed by atoms with Gasteiger partial charge in [0.15, 0.2) is 0 Å². The average molecular weight is 269 g/mol. The lowest BCUT2D eigenvalue weighted by Crippen LogP contribution is -2.35. The van der Waals surface area contributed by atoms with E-state index in [0.29, 0.717) is 5.56 Å². The number of rotatable bonds is 3. The van der Waals surface area contributed by atoms with Crippen LogP contribution in [0.5, 0.6) is 5.75 Å². The van der Waals surface area contributed by atoms with Gasteiger partial charge >= 0.3 is 0 Å². The number of nitrogens with one attached hydrogen (secondary N) is 1. The van der Waals surface area contributed by atoms with Crippen molar-refractivity contribution in [1.29, 1.82) is 0 Å². The highest BCUT2D eigenvalue weighted by Crippen LogP contribution is 2.36. The van der Waals surface area contributed by atoms with Crippen molar-refractivity contribution in [2.45, 2.75) is 38.2 Å². The summed E-state index contributed by atoms with van der Waals surface area (Å²) < 4.78 is 26.0. The summed E-state index contributed by atoms with van der Waals surface area (Å²) in [6, 6.07) is 6.72. The first-order valence-electron chi connectivity index (χ1n) is 6.40. The van der Waals surface area contributed by atoms with Gasteiger partial charge in [-0.15, -0.1) is 0 Å². The van der Waals surface area contributed by atoms with Gasteiger partial charge in [0, 0.05) is 30.9 Å². The van der Waals surface area contributed by atoms with E-state index in [1.165, 1.54) is 0 Å². The minimum atomic E-state index is -2.62. The molecule has 2 N–H and O–H groups in total. The van der Waals surface area contributed by atoms with E-state index in [1.807, 2.05) is 0 Å². The number of phenolic OH excluding ortho intramolecular Hbond substituents is 1. The highest BCUT2D eigenvalue weighted by Gasteiger charge is 2.37. The van der Waals surface area contributed by atoms with Crippen LogP contribution in [0.4, 0.5) is 8.78 Å². The molecule has 0 bridgehead atoms. The van der Waals surface area contributed by atoms with E-state index in [0.717, 1.165) is 0 Å². The second kappa shape index (κ2) is 5.55. The Bertz CT molecular complexity index is 453. The number of phenols is 1. The van der Waals surface area contributed by atoms with E-state index >= 15 is 0 Å².